The minimum atomic E-state index is -0.331. The molecule has 4 nitrogen and oxygen atoms in total. The first-order valence-corrected chi connectivity index (χ1v) is 8.21. The summed E-state index contributed by atoms with van der Waals surface area (Å²) in [5.74, 6) is 0.515. The first-order valence-electron chi connectivity index (χ1n) is 7.42. The van der Waals surface area contributed by atoms with Crippen LogP contribution in [-0.2, 0) is 4.74 Å². The van der Waals surface area contributed by atoms with E-state index in [9.17, 15) is 4.79 Å². The molecule has 0 saturated heterocycles. The third-order valence-corrected chi connectivity index (χ3v) is 3.91. The summed E-state index contributed by atoms with van der Waals surface area (Å²) in [4.78, 5) is 11.8. The van der Waals surface area contributed by atoms with Gasteiger partial charge in [0.25, 0.3) is 0 Å². The molecule has 0 heterocycles. The largest absolute Gasteiger partial charge is 0.494 e. The van der Waals surface area contributed by atoms with Crippen molar-refractivity contribution in [3.8, 4) is 5.75 Å². The number of carbonyl (C=O) groups excluding carboxylic acids is 1. The minimum absolute atomic E-state index is 0.331. The zero-order chi connectivity index (χ0) is 16.7. The van der Waals surface area contributed by atoms with E-state index in [-0.39, 0.29) is 5.97 Å². The number of ether oxygens (including phenoxy) is 2. The fraction of sp³-hybridized carbons (Fsp3) is 0.278. The van der Waals surface area contributed by atoms with E-state index in [1.165, 1.54) is 7.11 Å². The van der Waals surface area contributed by atoms with Crippen LogP contribution in [0.25, 0.3) is 0 Å². The van der Waals surface area contributed by atoms with Gasteiger partial charge in [-0.3, -0.25) is 0 Å². The van der Waals surface area contributed by atoms with E-state index in [0.717, 1.165) is 27.9 Å². The summed E-state index contributed by atoms with van der Waals surface area (Å²) in [5.41, 5.74) is 2.39. The average molecular weight is 378 g/mol. The van der Waals surface area contributed by atoms with Crippen molar-refractivity contribution in [3.63, 3.8) is 0 Å². The number of methoxy groups -OCH3 is 1. The zero-order valence-electron chi connectivity index (χ0n) is 13.3. The predicted octanol–water partition coefficient (Wildman–Crippen LogP) is 4.43. The Bertz CT molecular complexity index is 656. The summed E-state index contributed by atoms with van der Waals surface area (Å²) in [5, 5.41) is 3.30. The standard InChI is InChI=1S/C18H20BrNO3/c1-13-5-3-6-16(18(21)22-2)17(13)20-11-4-12-23-15-9-7-14(19)8-10-15/h3,5-10,20H,4,11-12H2,1-2H3. The number of para-hydroxylation sites is 1. The Balaban J connectivity index is 1.84. The van der Waals surface area contributed by atoms with Gasteiger partial charge in [-0.05, 0) is 49.2 Å². The highest BCUT2D eigenvalue weighted by Gasteiger charge is 2.12. The van der Waals surface area contributed by atoms with Gasteiger partial charge in [0.05, 0.1) is 25.0 Å². The van der Waals surface area contributed by atoms with Crippen molar-refractivity contribution in [3.05, 3.63) is 58.1 Å². The van der Waals surface area contributed by atoms with Gasteiger partial charge in [-0.1, -0.05) is 28.1 Å². The Morgan fingerprint density at radius 1 is 1.17 bits per heavy atom. The Morgan fingerprint density at radius 2 is 1.91 bits per heavy atom. The van der Waals surface area contributed by atoms with Crippen molar-refractivity contribution in [2.75, 3.05) is 25.6 Å². The number of carbonyl (C=O) groups is 1. The molecule has 2 rings (SSSR count). The van der Waals surface area contributed by atoms with Crippen molar-refractivity contribution in [2.24, 2.45) is 0 Å². The van der Waals surface area contributed by atoms with E-state index in [4.69, 9.17) is 9.47 Å². The average Bonchev–Trinajstić information content (AvgIpc) is 2.56. The van der Waals surface area contributed by atoms with Crippen LogP contribution in [0.2, 0.25) is 0 Å². The summed E-state index contributed by atoms with van der Waals surface area (Å²) < 4.78 is 11.5. The smallest absolute Gasteiger partial charge is 0.339 e. The van der Waals surface area contributed by atoms with Crippen LogP contribution in [0.1, 0.15) is 22.3 Å². The molecule has 1 N–H and O–H groups in total. The highest BCUT2D eigenvalue weighted by Crippen LogP contribution is 2.21. The molecule has 2 aromatic rings. The Kier molecular flexibility index (Phi) is 6.47. The van der Waals surface area contributed by atoms with E-state index in [2.05, 4.69) is 21.2 Å². The van der Waals surface area contributed by atoms with Crippen molar-refractivity contribution < 1.29 is 14.3 Å². The van der Waals surface area contributed by atoms with Crippen molar-refractivity contribution >= 4 is 27.6 Å². The summed E-state index contributed by atoms with van der Waals surface area (Å²) in [6, 6.07) is 13.3. The SMILES string of the molecule is COC(=O)c1cccc(C)c1NCCCOc1ccc(Br)cc1. The second-order valence-electron chi connectivity index (χ2n) is 5.07. The van der Waals surface area contributed by atoms with E-state index in [1.807, 2.05) is 43.3 Å². The van der Waals surface area contributed by atoms with Gasteiger partial charge >= 0.3 is 5.97 Å². The maximum atomic E-state index is 11.8. The number of esters is 1. The van der Waals surface area contributed by atoms with E-state index >= 15 is 0 Å². The van der Waals surface area contributed by atoms with Crippen molar-refractivity contribution in [1.82, 2.24) is 0 Å². The first-order chi connectivity index (χ1) is 11.1. The molecule has 2 aromatic carbocycles. The fourth-order valence-corrected chi connectivity index (χ4v) is 2.45. The molecule has 0 saturated carbocycles. The molecule has 0 bridgehead atoms. The number of anilines is 1. The van der Waals surface area contributed by atoms with Crippen LogP contribution in [-0.4, -0.2) is 26.2 Å². The van der Waals surface area contributed by atoms with Crippen LogP contribution >= 0.6 is 15.9 Å². The second-order valence-corrected chi connectivity index (χ2v) is 5.99. The lowest BCUT2D eigenvalue weighted by molar-refractivity contribution is 0.0601. The minimum Gasteiger partial charge on any atom is -0.494 e. The van der Waals surface area contributed by atoms with E-state index < -0.39 is 0 Å². The van der Waals surface area contributed by atoms with Crippen molar-refractivity contribution in [2.45, 2.75) is 13.3 Å². The molecule has 0 aromatic heterocycles. The summed E-state index contributed by atoms with van der Waals surface area (Å²) >= 11 is 3.39. The van der Waals surface area contributed by atoms with E-state index in [0.29, 0.717) is 18.7 Å². The quantitative estimate of drug-likeness (QED) is 0.572. The molecular formula is C18H20BrNO3. The number of hydrogen-bond acceptors (Lipinski definition) is 4. The lowest BCUT2D eigenvalue weighted by Gasteiger charge is -2.14. The number of rotatable bonds is 7. The lowest BCUT2D eigenvalue weighted by atomic mass is 10.1. The van der Waals surface area contributed by atoms with Crippen LogP contribution in [0.3, 0.4) is 0 Å². The number of benzene rings is 2. The number of nitrogens with one attached hydrogen (secondary N) is 1. The molecule has 23 heavy (non-hydrogen) atoms. The zero-order valence-corrected chi connectivity index (χ0v) is 14.9. The van der Waals surface area contributed by atoms with E-state index in [1.54, 1.807) is 6.07 Å². The molecular weight excluding hydrogens is 358 g/mol. The summed E-state index contributed by atoms with van der Waals surface area (Å²) in [7, 11) is 1.39. The number of aryl methyl sites for hydroxylation is 1. The van der Waals surface area contributed by atoms with Gasteiger partial charge in [0.15, 0.2) is 0 Å². The third-order valence-electron chi connectivity index (χ3n) is 3.38. The van der Waals surface area contributed by atoms with Crippen LogP contribution < -0.4 is 10.1 Å². The Hall–Kier alpha value is -2.01. The molecule has 122 valence electrons. The van der Waals surface area contributed by atoms with Gasteiger partial charge < -0.3 is 14.8 Å². The maximum Gasteiger partial charge on any atom is 0.339 e. The van der Waals surface area contributed by atoms with Gasteiger partial charge in [-0.15, -0.1) is 0 Å². The normalized spacial score (nSPS) is 10.2. The van der Waals surface area contributed by atoms with Crippen LogP contribution in [0, 0.1) is 6.92 Å². The molecule has 0 unspecified atom stereocenters. The summed E-state index contributed by atoms with van der Waals surface area (Å²) in [6.45, 7) is 3.28. The molecule has 0 aliphatic carbocycles. The van der Waals surface area contributed by atoms with Crippen LogP contribution in [0.5, 0.6) is 5.75 Å². The van der Waals surface area contributed by atoms with Gasteiger partial charge in [0.1, 0.15) is 5.75 Å². The number of halogens is 1. The first kappa shape index (κ1) is 17.3. The predicted molar refractivity (Wildman–Crippen MR) is 95.3 cm³/mol. The fourth-order valence-electron chi connectivity index (χ4n) is 2.19. The topological polar surface area (TPSA) is 47.6 Å². The molecule has 0 atom stereocenters. The van der Waals surface area contributed by atoms with Gasteiger partial charge in [0.2, 0.25) is 0 Å². The molecule has 0 amide bonds. The Morgan fingerprint density at radius 3 is 2.61 bits per heavy atom. The molecule has 0 spiro atoms. The summed E-state index contributed by atoms with van der Waals surface area (Å²) in [6.07, 6.45) is 0.824. The van der Waals surface area contributed by atoms with Crippen LogP contribution in [0.4, 0.5) is 5.69 Å². The molecule has 0 aliphatic rings. The van der Waals surface area contributed by atoms with Gasteiger partial charge in [-0.2, -0.15) is 0 Å². The highest BCUT2D eigenvalue weighted by molar-refractivity contribution is 9.10. The maximum absolute atomic E-state index is 11.8. The van der Waals surface area contributed by atoms with Gasteiger partial charge in [-0.25, -0.2) is 4.79 Å². The van der Waals surface area contributed by atoms with Crippen molar-refractivity contribution in [1.29, 1.82) is 0 Å². The number of hydrogen-bond donors (Lipinski definition) is 1. The monoisotopic (exact) mass is 377 g/mol. The molecule has 0 radical (unpaired) electrons. The molecule has 0 fully saturated rings. The highest BCUT2D eigenvalue weighted by atomic mass is 79.9. The third kappa shape index (κ3) is 4.99. The second kappa shape index (κ2) is 8.58. The molecule has 5 heteroatoms. The molecule has 0 aliphatic heterocycles. The van der Waals surface area contributed by atoms with Gasteiger partial charge in [0, 0.05) is 11.0 Å². The van der Waals surface area contributed by atoms with Crippen LogP contribution in [0.15, 0.2) is 46.9 Å². The Labute approximate surface area is 144 Å². The lowest BCUT2D eigenvalue weighted by Crippen LogP contribution is -2.12.